The van der Waals surface area contributed by atoms with E-state index in [9.17, 15) is 0 Å². The van der Waals surface area contributed by atoms with Gasteiger partial charge in [-0.25, -0.2) is 0 Å². The lowest BCUT2D eigenvalue weighted by Gasteiger charge is -2.05. The first-order chi connectivity index (χ1) is 5.59. The second kappa shape index (κ2) is 3.47. The molecule has 0 amide bonds. The minimum absolute atomic E-state index is 0.0631. The van der Waals surface area contributed by atoms with Crippen LogP contribution in [-0.2, 0) is 0 Å². The largest absolute Gasteiger partial charge is 0.707 e. The van der Waals surface area contributed by atoms with Crippen LogP contribution in [0.5, 0.6) is 11.5 Å². The zero-order valence-corrected chi connectivity index (χ0v) is 6.56. The molecule has 3 N–H and O–H groups in total. The minimum atomic E-state index is -1.85. The zero-order valence-electron chi connectivity index (χ0n) is 6.56. The minimum Gasteiger partial charge on any atom is -0.512 e. The SMILES string of the molecule is Cc1ccc(OB(O)O)cc1O. The van der Waals surface area contributed by atoms with Crippen molar-refractivity contribution in [3.63, 3.8) is 0 Å². The van der Waals surface area contributed by atoms with Crippen LogP contribution in [0.15, 0.2) is 18.2 Å². The van der Waals surface area contributed by atoms with Crippen LogP contribution in [0.25, 0.3) is 0 Å². The van der Waals surface area contributed by atoms with Gasteiger partial charge in [0.2, 0.25) is 0 Å². The average molecular weight is 168 g/mol. The van der Waals surface area contributed by atoms with E-state index in [0.717, 1.165) is 0 Å². The van der Waals surface area contributed by atoms with Gasteiger partial charge in [-0.05, 0) is 18.6 Å². The van der Waals surface area contributed by atoms with Crippen LogP contribution >= 0.6 is 0 Å². The molecule has 1 aromatic rings. The van der Waals surface area contributed by atoms with Crippen LogP contribution in [0.3, 0.4) is 0 Å². The van der Waals surface area contributed by atoms with E-state index in [1.165, 1.54) is 12.1 Å². The van der Waals surface area contributed by atoms with Crippen LogP contribution < -0.4 is 4.65 Å². The normalized spacial score (nSPS) is 9.58. The summed E-state index contributed by atoms with van der Waals surface area (Å²) < 4.78 is 4.50. The Morgan fingerprint density at radius 3 is 2.50 bits per heavy atom. The molecule has 0 bridgehead atoms. The maximum atomic E-state index is 9.17. The molecule has 0 aliphatic heterocycles. The first-order valence-corrected chi connectivity index (χ1v) is 3.42. The molecule has 0 aliphatic rings. The molecular weight excluding hydrogens is 159 g/mol. The molecule has 0 saturated carbocycles. The van der Waals surface area contributed by atoms with Crippen molar-refractivity contribution in [1.82, 2.24) is 0 Å². The molecule has 0 unspecified atom stereocenters. The standard InChI is InChI=1S/C7H9BO4/c1-5-2-3-6(4-7(5)9)12-8(10)11/h2-4,9-11H,1H3. The topological polar surface area (TPSA) is 69.9 Å². The molecule has 0 spiro atoms. The smallest absolute Gasteiger partial charge is 0.512 e. The molecule has 0 saturated heterocycles. The number of hydrogen-bond donors (Lipinski definition) is 3. The van der Waals surface area contributed by atoms with Gasteiger partial charge in [0.25, 0.3) is 0 Å². The van der Waals surface area contributed by atoms with Gasteiger partial charge in [0.05, 0.1) is 0 Å². The van der Waals surface area contributed by atoms with Crippen LogP contribution in [0.4, 0.5) is 0 Å². The predicted octanol–water partition coefficient (Wildman–Crippen LogP) is 0.0489. The average Bonchev–Trinajstić information content (AvgIpc) is 1.96. The molecule has 0 atom stereocenters. The highest BCUT2D eigenvalue weighted by molar-refractivity contribution is 6.33. The molecule has 1 rings (SSSR count). The zero-order chi connectivity index (χ0) is 9.14. The molecule has 0 fully saturated rings. The van der Waals surface area contributed by atoms with E-state index in [0.29, 0.717) is 5.56 Å². The Hall–Kier alpha value is -1.20. The molecule has 1 aromatic carbocycles. The molecule has 64 valence electrons. The summed E-state index contributed by atoms with van der Waals surface area (Å²) in [6.07, 6.45) is 0. The second-order valence-corrected chi connectivity index (χ2v) is 2.39. The van der Waals surface area contributed by atoms with E-state index in [-0.39, 0.29) is 11.5 Å². The maximum Gasteiger partial charge on any atom is 0.707 e. The summed E-state index contributed by atoms with van der Waals surface area (Å²) in [5, 5.41) is 26.0. The fourth-order valence-corrected chi connectivity index (χ4v) is 0.784. The van der Waals surface area contributed by atoms with Crippen molar-refractivity contribution in [2.45, 2.75) is 6.92 Å². The highest BCUT2D eigenvalue weighted by atomic mass is 16.6. The molecule has 5 heteroatoms. The van der Waals surface area contributed by atoms with Gasteiger partial charge in [-0.1, -0.05) is 6.07 Å². The Balaban J connectivity index is 2.82. The Morgan fingerprint density at radius 1 is 1.33 bits per heavy atom. The summed E-state index contributed by atoms with van der Waals surface area (Å²) in [5.74, 6) is 0.279. The fourth-order valence-electron chi connectivity index (χ4n) is 0.784. The van der Waals surface area contributed by atoms with Crippen molar-refractivity contribution < 1.29 is 19.8 Å². The number of aromatic hydroxyl groups is 1. The molecule has 4 nitrogen and oxygen atoms in total. The van der Waals surface area contributed by atoms with E-state index in [1.54, 1.807) is 13.0 Å². The van der Waals surface area contributed by atoms with Gasteiger partial charge in [0.15, 0.2) is 0 Å². The summed E-state index contributed by atoms with van der Waals surface area (Å²) in [6, 6.07) is 4.47. The van der Waals surface area contributed by atoms with E-state index < -0.39 is 7.32 Å². The van der Waals surface area contributed by atoms with Crippen molar-refractivity contribution in [3.05, 3.63) is 23.8 Å². The highest BCUT2D eigenvalue weighted by Crippen LogP contribution is 2.22. The van der Waals surface area contributed by atoms with Gasteiger partial charge in [0, 0.05) is 6.07 Å². The van der Waals surface area contributed by atoms with Gasteiger partial charge in [-0.15, -0.1) is 0 Å². The third kappa shape index (κ3) is 2.15. The number of hydrogen-bond acceptors (Lipinski definition) is 4. The Kier molecular flexibility index (Phi) is 2.57. The fraction of sp³-hybridized carbons (Fsp3) is 0.143. The van der Waals surface area contributed by atoms with Gasteiger partial charge < -0.3 is 19.8 Å². The number of phenolic OH excluding ortho intramolecular Hbond substituents is 1. The summed E-state index contributed by atoms with van der Waals surface area (Å²) in [6.45, 7) is 1.73. The lowest BCUT2D eigenvalue weighted by molar-refractivity contribution is 0.287. The third-order valence-electron chi connectivity index (χ3n) is 1.42. The Morgan fingerprint density at radius 2 is 2.00 bits per heavy atom. The van der Waals surface area contributed by atoms with E-state index >= 15 is 0 Å². The Bertz CT molecular complexity index is 274. The number of benzene rings is 1. The van der Waals surface area contributed by atoms with Crippen LogP contribution in [0.1, 0.15) is 5.56 Å². The molecule has 0 radical (unpaired) electrons. The summed E-state index contributed by atoms with van der Waals surface area (Å²) >= 11 is 0. The lowest BCUT2D eigenvalue weighted by Crippen LogP contribution is -2.20. The predicted molar refractivity (Wildman–Crippen MR) is 43.7 cm³/mol. The monoisotopic (exact) mass is 168 g/mol. The van der Waals surface area contributed by atoms with Crippen LogP contribution in [-0.4, -0.2) is 22.5 Å². The van der Waals surface area contributed by atoms with Crippen LogP contribution in [0, 0.1) is 6.92 Å². The number of rotatable bonds is 2. The van der Waals surface area contributed by atoms with E-state index in [4.69, 9.17) is 15.2 Å². The highest BCUT2D eigenvalue weighted by Gasteiger charge is 2.11. The van der Waals surface area contributed by atoms with Gasteiger partial charge >= 0.3 is 7.32 Å². The van der Waals surface area contributed by atoms with Crippen molar-refractivity contribution >= 4 is 7.32 Å². The van der Waals surface area contributed by atoms with Crippen molar-refractivity contribution in [2.24, 2.45) is 0 Å². The Labute approximate surface area is 70.2 Å². The summed E-state index contributed by atoms with van der Waals surface area (Å²) in [7, 11) is -1.85. The van der Waals surface area contributed by atoms with Gasteiger partial charge in [0.1, 0.15) is 11.5 Å². The van der Waals surface area contributed by atoms with E-state index in [2.05, 4.69) is 4.65 Å². The van der Waals surface area contributed by atoms with E-state index in [1.807, 2.05) is 0 Å². The van der Waals surface area contributed by atoms with Crippen molar-refractivity contribution in [3.8, 4) is 11.5 Å². The third-order valence-corrected chi connectivity index (χ3v) is 1.42. The summed E-state index contributed by atoms with van der Waals surface area (Å²) in [4.78, 5) is 0. The number of aryl methyl sites for hydroxylation is 1. The molecule has 0 aliphatic carbocycles. The molecule has 0 aromatic heterocycles. The quantitative estimate of drug-likeness (QED) is 0.545. The van der Waals surface area contributed by atoms with Gasteiger partial charge in [-0.2, -0.15) is 0 Å². The molecular formula is C7H9BO4. The number of phenols is 1. The second-order valence-electron chi connectivity index (χ2n) is 2.39. The van der Waals surface area contributed by atoms with Gasteiger partial charge in [-0.3, -0.25) is 0 Å². The summed E-state index contributed by atoms with van der Waals surface area (Å²) in [5.41, 5.74) is 0.703. The maximum absolute atomic E-state index is 9.17. The van der Waals surface area contributed by atoms with Crippen LogP contribution in [0.2, 0.25) is 0 Å². The molecule has 12 heavy (non-hydrogen) atoms. The first-order valence-electron chi connectivity index (χ1n) is 3.42. The molecule has 0 heterocycles. The first kappa shape index (κ1) is 8.90. The van der Waals surface area contributed by atoms with Crippen molar-refractivity contribution in [2.75, 3.05) is 0 Å². The lowest BCUT2D eigenvalue weighted by atomic mass is 10.2. The van der Waals surface area contributed by atoms with Crippen molar-refractivity contribution in [1.29, 1.82) is 0 Å².